The van der Waals surface area contributed by atoms with Gasteiger partial charge in [0.05, 0.1) is 13.2 Å². The molecule has 3 heteroatoms. The highest BCUT2D eigenvalue weighted by molar-refractivity contribution is 5.38. The van der Waals surface area contributed by atoms with E-state index in [-0.39, 0.29) is 0 Å². The zero-order valence-corrected chi connectivity index (χ0v) is 10.2. The Morgan fingerprint density at radius 2 is 1.71 bits per heavy atom. The number of rotatable bonds is 0. The van der Waals surface area contributed by atoms with Crippen molar-refractivity contribution in [2.75, 3.05) is 13.2 Å². The smallest absolute Gasteiger partial charge is 0.199 e. The first-order valence-electron chi connectivity index (χ1n) is 6.62. The average Bonchev–Trinajstić information content (AvgIpc) is 2.35. The van der Waals surface area contributed by atoms with E-state index in [1.54, 1.807) is 0 Å². The maximum absolute atomic E-state index is 6.02. The summed E-state index contributed by atoms with van der Waals surface area (Å²) in [5.74, 6) is -0.449. The maximum atomic E-state index is 6.02. The Bertz CT molecular complexity index is 382. The Kier molecular flexibility index (Phi) is 3.12. The molecule has 0 aromatic carbocycles. The predicted molar refractivity (Wildman–Crippen MR) is 64.6 cm³/mol. The van der Waals surface area contributed by atoms with Gasteiger partial charge in [0.15, 0.2) is 5.79 Å². The molecular formula is C14H19NO2. The fourth-order valence-electron chi connectivity index (χ4n) is 2.69. The first kappa shape index (κ1) is 11.2. The highest BCUT2D eigenvalue weighted by Crippen LogP contribution is 2.43. The molecule has 1 aliphatic carbocycles. The Labute approximate surface area is 102 Å². The van der Waals surface area contributed by atoms with Crippen molar-refractivity contribution >= 4 is 0 Å². The first-order chi connectivity index (χ1) is 8.41. The van der Waals surface area contributed by atoms with E-state index in [0.717, 1.165) is 32.5 Å². The van der Waals surface area contributed by atoms with Crippen molar-refractivity contribution in [1.82, 2.24) is 4.98 Å². The first-order valence-corrected chi connectivity index (χ1v) is 6.62. The molecule has 0 saturated carbocycles. The van der Waals surface area contributed by atoms with Gasteiger partial charge in [0.1, 0.15) is 0 Å². The molecule has 0 bridgehead atoms. The van der Waals surface area contributed by atoms with Gasteiger partial charge in [-0.25, -0.2) is 0 Å². The number of fused-ring (bicyclic) bond motifs is 2. The van der Waals surface area contributed by atoms with Gasteiger partial charge in [-0.1, -0.05) is 19.3 Å². The topological polar surface area (TPSA) is 31.4 Å². The average molecular weight is 233 g/mol. The standard InChI is InChI=1S/C14H19NO2/c1-2-4-8-16-14(17-9-5-3-1)10-12-11-15-7-6-13(12)14/h6-7,11H,1-5,8-10H2. The van der Waals surface area contributed by atoms with Crippen LogP contribution in [0.5, 0.6) is 0 Å². The minimum atomic E-state index is -0.449. The molecule has 0 unspecified atom stereocenters. The molecule has 2 heterocycles. The zero-order chi connectivity index (χ0) is 11.6. The molecule has 1 aliphatic heterocycles. The van der Waals surface area contributed by atoms with Gasteiger partial charge in [-0.2, -0.15) is 0 Å². The molecule has 1 fully saturated rings. The van der Waals surface area contributed by atoms with Crippen molar-refractivity contribution in [3.63, 3.8) is 0 Å². The molecule has 2 aliphatic rings. The van der Waals surface area contributed by atoms with E-state index in [4.69, 9.17) is 9.47 Å². The summed E-state index contributed by atoms with van der Waals surface area (Å²) in [6.07, 6.45) is 10.8. The van der Waals surface area contributed by atoms with E-state index < -0.39 is 5.79 Å². The quantitative estimate of drug-likeness (QED) is 0.690. The zero-order valence-electron chi connectivity index (χ0n) is 10.2. The van der Waals surface area contributed by atoms with Gasteiger partial charge in [-0.15, -0.1) is 0 Å². The molecule has 17 heavy (non-hydrogen) atoms. The Balaban J connectivity index is 1.76. The highest BCUT2D eigenvalue weighted by Gasteiger charge is 2.45. The molecular weight excluding hydrogens is 214 g/mol. The van der Waals surface area contributed by atoms with E-state index in [2.05, 4.69) is 4.98 Å². The van der Waals surface area contributed by atoms with Gasteiger partial charge in [0.25, 0.3) is 0 Å². The third kappa shape index (κ3) is 2.09. The van der Waals surface area contributed by atoms with Crippen molar-refractivity contribution in [1.29, 1.82) is 0 Å². The summed E-state index contributed by atoms with van der Waals surface area (Å²) in [5.41, 5.74) is 2.46. The lowest BCUT2D eigenvalue weighted by atomic mass is 9.83. The second-order valence-electron chi connectivity index (χ2n) is 4.93. The number of nitrogens with zero attached hydrogens (tertiary/aromatic N) is 1. The van der Waals surface area contributed by atoms with Gasteiger partial charge in [-0.3, -0.25) is 4.98 Å². The summed E-state index contributed by atoms with van der Waals surface area (Å²) < 4.78 is 12.0. The number of hydrogen-bond donors (Lipinski definition) is 0. The van der Waals surface area contributed by atoms with Crippen LogP contribution in [0.3, 0.4) is 0 Å². The number of pyridine rings is 1. The molecule has 0 amide bonds. The monoisotopic (exact) mass is 233 g/mol. The van der Waals surface area contributed by atoms with Crippen LogP contribution in [0.4, 0.5) is 0 Å². The molecule has 1 aromatic rings. The lowest BCUT2D eigenvalue weighted by Gasteiger charge is -2.43. The van der Waals surface area contributed by atoms with E-state index in [1.165, 1.54) is 30.4 Å². The van der Waals surface area contributed by atoms with Crippen LogP contribution in [0.1, 0.15) is 43.2 Å². The van der Waals surface area contributed by atoms with Crippen LogP contribution in [-0.4, -0.2) is 18.2 Å². The molecule has 1 saturated heterocycles. The lowest BCUT2D eigenvalue weighted by molar-refractivity contribution is -0.263. The number of aromatic nitrogens is 1. The summed E-state index contributed by atoms with van der Waals surface area (Å²) in [5, 5.41) is 0. The van der Waals surface area contributed by atoms with E-state index in [9.17, 15) is 0 Å². The molecule has 1 aromatic heterocycles. The third-order valence-corrected chi connectivity index (χ3v) is 3.70. The maximum Gasteiger partial charge on any atom is 0.199 e. The highest BCUT2D eigenvalue weighted by atomic mass is 16.7. The SMILES string of the molecule is c1cc2c(cn1)CC21OCCCCCCCO1. The van der Waals surface area contributed by atoms with Crippen LogP contribution in [0.2, 0.25) is 0 Å². The van der Waals surface area contributed by atoms with E-state index in [1.807, 2.05) is 18.5 Å². The molecule has 92 valence electrons. The summed E-state index contributed by atoms with van der Waals surface area (Å²) in [4.78, 5) is 4.14. The Morgan fingerprint density at radius 1 is 1.00 bits per heavy atom. The normalized spacial score (nSPS) is 23.8. The van der Waals surface area contributed by atoms with Gasteiger partial charge in [-0.05, 0) is 24.5 Å². The van der Waals surface area contributed by atoms with Crippen LogP contribution in [0.15, 0.2) is 18.5 Å². The second kappa shape index (κ2) is 4.75. The van der Waals surface area contributed by atoms with Gasteiger partial charge in [0.2, 0.25) is 0 Å². The fourth-order valence-corrected chi connectivity index (χ4v) is 2.69. The number of hydrogen-bond acceptors (Lipinski definition) is 3. The van der Waals surface area contributed by atoms with Crippen LogP contribution in [0, 0.1) is 0 Å². The molecule has 3 rings (SSSR count). The molecule has 0 N–H and O–H groups in total. The summed E-state index contributed by atoms with van der Waals surface area (Å²) >= 11 is 0. The van der Waals surface area contributed by atoms with E-state index >= 15 is 0 Å². The predicted octanol–water partition coefficient (Wildman–Crippen LogP) is 2.79. The van der Waals surface area contributed by atoms with E-state index in [0.29, 0.717) is 0 Å². The molecule has 3 nitrogen and oxygen atoms in total. The van der Waals surface area contributed by atoms with Crippen molar-refractivity contribution in [3.05, 3.63) is 29.6 Å². The lowest BCUT2D eigenvalue weighted by Crippen LogP contribution is -2.44. The molecule has 0 radical (unpaired) electrons. The number of ether oxygens (including phenoxy) is 2. The Morgan fingerprint density at radius 3 is 2.41 bits per heavy atom. The summed E-state index contributed by atoms with van der Waals surface area (Å²) in [7, 11) is 0. The van der Waals surface area contributed by atoms with Gasteiger partial charge in [0, 0.05) is 24.4 Å². The van der Waals surface area contributed by atoms with Crippen molar-refractivity contribution < 1.29 is 9.47 Å². The van der Waals surface area contributed by atoms with Crippen LogP contribution in [-0.2, 0) is 21.7 Å². The second-order valence-corrected chi connectivity index (χ2v) is 4.93. The minimum Gasteiger partial charge on any atom is -0.346 e. The van der Waals surface area contributed by atoms with Crippen molar-refractivity contribution in [2.24, 2.45) is 0 Å². The fraction of sp³-hybridized carbons (Fsp3) is 0.643. The van der Waals surface area contributed by atoms with Crippen LogP contribution < -0.4 is 0 Å². The largest absolute Gasteiger partial charge is 0.346 e. The third-order valence-electron chi connectivity index (χ3n) is 3.70. The van der Waals surface area contributed by atoms with Crippen LogP contribution in [0.25, 0.3) is 0 Å². The molecule has 1 spiro atoms. The van der Waals surface area contributed by atoms with Gasteiger partial charge < -0.3 is 9.47 Å². The van der Waals surface area contributed by atoms with Crippen molar-refractivity contribution in [3.8, 4) is 0 Å². The summed E-state index contributed by atoms with van der Waals surface area (Å²) in [6.45, 7) is 1.61. The van der Waals surface area contributed by atoms with Gasteiger partial charge >= 0.3 is 0 Å². The summed E-state index contributed by atoms with van der Waals surface area (Å²) in [6, 6.07) is 2.03. The minimum absolute atomic E-state index is 0.449. The van der Waals surface area contributed by atoms with Crippen LogP contribution >= 0.6 is 0 Å². The Hall–Kier alpha value is -0.930. The molecule has 0 atom stereocenters. The van der Waals surface area contributed by atoms with Crippen molar-refractivity contribution in [2.45, 2.75) is 44.3 Å².